The van der Waals surface area contributed by atoms with E-state index < -0.39 is 16.1 Å². The van der Waals surface area contributed by atoms with Gasteiger partial charge in [0.05, 0.1) is 21.0 Å². The molecule has 0 radical (unpaired) electrons. The minimum absolute atomic E-state index is 0.0859. The monoisotopic (exact) mass is 482 g/mol. The largest absolute Gasteiger partial charge is 0.457 e. The maximum Gasteiger partial charge on any atom is 0.241 e. The Morgan fingerprint density at radius 2 is 1.52 bits per heavy atom. The summed E-state index contributed by atoms with van der Waals surface area (Å²) in [5, 5.41) is 0.748. The minimum atomic E-state index is -3.83. The van der Waals surface area contributed by atoms with Crippen LogP contribution in [0.4, 0.5) is 4.39 Å². The summed E-state index contributed by atoms with van der Waals surface area (Å²) in [6.07, 6.45) is 0. The highest BCUT2D eigenvalue weighted by Gasteiger charge is 2.23. The van der Waals surface area contributed by atoms with Crippen molar-refractivity contribution in [2.24, 2.45) is 0 Å². The molecule has 0 amide bonds. The molecule has 164 valence electrons. The van der Waals surface area contributed by atoms with Crippen LogP contribution in [0, 0.1) is 5.82 Å². The van der Waals surface area contributed by atoms with Crippen LogP contribution in [0.3, 0.4) is 0 Å². The maximum absolute atomic E-state index is 13.0. The van der Waals surface area contributed by atoms with E-state index in [1.807, 2.05) is 19.0 Å². The van der Waals surface area contributed by atoms with E-state index >= 15 is 0 Å². The predicted octanol–water partition coefficient (Wildman–Crippen LogP) is 5.51. The lowest BCUT2D eigenvalue weighted by Crippen LogP contribution is -2.35. The average molecular weight is 483 g/mol. The summed E-state index contributed by atoms with van der Waals surface area (Å²) in [6.45, 7) is 0.420. The molecule has 0 saturated carbocycles. The van der Waals surface area contributed by atoms with E-state index in [1.54, 1.807) is 18.2 Å². The molecule has 0 unspecified atom stereocenters. The number of likely N-dealkylation sites (N-methyl/N-ethyl adjacent to an activating group) is 1. The van der Waals surface area contributed by atoms with Crippen LogP contribution in [-0.2, 0) is 10.0 Å². The van der Waals surface area contributed by atoms with Gasteiger partial charge in [0.25, 0.3) is 0 Å². The standard InChI is InChI=1S/C22H21Cl2FN2O3S/c1-27(2)14-22(15-3-12-20(23)21(24)13-15)26-31(28,29)19-10-8-18(9-11-19)30-17-6-4-16(25)5-7-17/h3-13,22,26H,14H2,1-2H3/t22-/m0/s1. The fourth-order valence-electron chi connectivity index (χ4n) is 2.89. The summed E-state index contributed by atoms with van der Waals surface area (Å²) in [4.78, 5) is 1.96. The highest BCUT2D eigenvalue weighted by Crippen LogP contribution is 2.28. The predicted molar refractivity (Wildman–Crippen MR) is 121 cm³/mol. The lowest BCUT2D eigenvalue weighted by molar-refractivity contribution is 0.363. The SMILES string of the molecule is CN(C)C[C@H](NS(=O)(=O)c1ccc(Oc2ccc(F)cc2)cc1)c1ccc(Cl)c(Cl)c1. The Morgan fingerprint density at radius 3 is 2.06 bits per heavy atom. The molecular weight excluding hydrogens is 462 g/mol. The highest BCUT2D eigenvalue weighted by atomic mass is 35.5. The van der Waals surface area contributed by atoms with Crippen LogP contribution in [0.2, 0.25) is 10.0 Å². The number of benzene rings is 3. The summed E-state index contributed by atoms with van der Waals surface area (Å²) in [6, 6.07) is 16.0. The van der Waals surface area contributed by atoms with Gasteiger partial charge in [0.1, 0.15) is 17.3 Å². The second kappa shape index (κ2) is 9.97. The normalized spacial score (nSPS) is 12.7. The van der Waals surface area contributed by atoms with Gasteiger partial charge in [-0.25, -0.2) is 17.5 Å². The molecule has 0 aliphatic carbocycles. The molecule has 0 aliphatic rings. The third-order valence-electron chi connectivity index (χ3n) is 4.37. The average Bonchev–Trinajstić information content (AvgIpc) is 2.71. The molecule has 31 heavy (non-hydrogen) atoms. The van der Waals surface area contributed by atoms with E-state index in [2.05, 4.69) is 4.72 Å². The van der Waals surface area contributed by atoms with Crippen molar-refractivity contribution in [3.05, 3.63) is 88.2 Å². The number of nitrogens with one attached hydrogen (secondary N) is 1. The maximum atomic E-state index is 13.0. The zero-order valence-corrected chi connectivity index (χ0v) is 19.2. The summed E-state index contributed by atoms with van der Waals surface area (Å²) in [7, 11) is -0.134. The number of ether oxygens (including phenoxy) is 1. The molecular formula is C22H21Cl2FN2O3S. The van der Waals surface area contributed by atoms with E-state index in [4.69, 9.17) is 27.9 Å². The van der Waals surface area contributed by atoms with Crippen LogP contribution < -0.4 is 9.46 Å². The topological polar surface area (TPSA) is 58.6 Å². The van der Waals surface area contributed by atoms with Gasteiger partial charge in [-0.05, 0) is 80.3 Å². The van der Waals surface area contributed by atoms with Crippen molar-refractivity contribution in [3.63, 3.8) is 0 Å². The van der Waals surface area contributed by atoms with Crippen molar-refractivity contribution in [2.75, 3.05) is 20.6 Å². The molecule has 0 fully saturated rings. The number of sulfonamides is 1. The van der Waals surface area contributed by atoms with Crippen molar-refractivity contribution < 1.29 is 17.5 Å². The van der Waals surface area contributed by atoms with E-state index in [1.165, 1.54) is 48.5 Å². The molecule has 5 nitrogen and oxygen atoms in total. The lowest BCUT2D eigenvalue weighted by Gasteiger charge is -2.23. The summed E-state index contributed by atoms with van der Waals surface area (Å²) < 4.78 is 47.3. The summed E-state index contributed by atoms with van der Waals surface area (Å²) in [5.74, 6) is 0.509. The Labute approximate surface area is 191 Å². The van der Waals surface area contributed by atoms with Crippen molar-refractivity contribution in [1.82, 2.24) is 9.62 Å². The molecule has 0 spiro atoms. The zero-order valence-electron chi connectivity index (χ0n) is 16.8. The fraction of sp³-hybridized carbons (Fsp3) is 0.182. The third kappa shape index (κ3) is 6.41. The number of rotatable bonds is 8. The van der Waals surface area contributed by atoms with E-state index in [0.717, 1.165) is 0 Å². The van der Waals surface area contributed by atoms with Gasteiger partial charge in [-0.2, -0.15) is 0 Å². The first-order valence-electron chi connectivity index (χ1n) is 9.29. The first-order valence-corrected chi connectivity index (χ1v) is 11.5. The Balaban J connectivity index is 1.79. The van der Waals surface area contributed by atoms with Crippen LogP contribution in [0.1, 0.15) is 11.6 Å². The van der Waals surface area contributed by atoms with Crippen molar-refractivity contribution >= 4 is 33.2 Å². The molecule has 0 aromatic heterocycles. The molecule has 9 heteroatoms. The van der Waals surface area contributed by atoms with Gasteiger partial charge in [0, 0.05) is 6.54 Å². The van der Waals surface area contributed by atoms with E-state index in [-0.39, 0.29) is 10.7 Å². The molecule has 0 bridgehead atoms. The van der Waals surface area contributed by atoms with Crippen molar-refractivity contribution in [2.45, 2.75) is 10.9 Å². The molecule has 1 N–H and O–H groups in total. The lowest BCUT2D eigenvalue weighted by atomic mass is 10.1. The molecule has 3 aromatic carbocycles. The third-order valence-corrected chi connectivity index (χ3v) is 6.60. The molecule has 0 saturated heterocycles. The van der Waals surface area contributed by atoms with Crippen LogP contribution in [0.5, 0.6) is 11.5 Å². The first-order chi connectivity index (χ1) is 14.6. The van der Waals surface area contributed by atoms with Gasteiger partial charge in [-0.3, -0.25) is 0 Å². The van der Waals surface area contributed by atoms with Crippen LogP contribution in [0.15, 0.2) is 71.6 Å². The number of halogens is 3. The van der Waals surface area contributed by atoms with Gasteiger partial charge in [-0.15, -0.1) is 0 Å². The van der Waals surface area contributed by atoms with Crippen molar-refractivity contribution in [3.8, 4) is 11.5 Å². The van der Waals surface area contributed by atoms with Crippen LogP contribution in [-0.4, -0.2) is 34.0 Å². The van der Waals surface area contributed by atoms with Gasteiger partial charge >= 0.3 is 0 Å². The number of nitrogens with zero attached hydrogens (tertiary/aromatic N) is 1. The van der Waals surface area contributed by atoms with E-state index in [0.29, 0.717) is 33.7 Å². The minimum Gasteiger partial charge on any atom is -0.457 e. The van der Waals surface area contributed by atoms with Gasteiger partial charge in [0.15, 0.2) is 0 Å². The quantitative estimate of drug-likeness (QED) is 0.460. The Hall–Kier alpha value is -2.16. The van der Waals surface area contributed by atoms with E-state index in [9.17, 15) is 12.8 Å². The van der Waals surface area contributed by atoms with Crippen LogP contribution >= 0.6 is 23.2 Å². The summed E-state index contributed by atoms with van der Waals surface area (Å²) >= 11 is 12.1. The molecule has 0 aliphatic heterocycles. The van der Waals surface area contributed by atoms with Gasteiger partial charge in [-0.1, -0.05) is 29.3 Å². The van der Waals surface area contributed by atoms with Crippen LogP contribution in [0.25, 0.3) is 0 Å². The Morgan fingerprint density at radius 1 is 0.935 bits per heavy atom. The number of hydrogen-bond acceptors (Lipinski definition) is 4. The highest BCUT2D eigenvalue weighted by molar-refractivity contribution is 7.89. The Bertz CT molecular complexity index is 1140. The smallest absolute Gasteiger partial charge is 0.241 e. The van der Waals surface area contributed by atoms with Gasteiger partial charge < -0.3 is 9.64 Å². The van der Waals surface area contributed by atoms with Gasteiger partial charge in [0.2, 0.25) is 10.0 Å². The second-order valence-electron chi connectivity index (χ2n) is 7.14. The van der Waals surface area contributed by atoms with Crippen molar-refractivity contribution in [1.29, 1.82) is 0 Å². The molecule has 3 rings (SSSR count). The zero-order chi connectivity index (χ0) is 22.6. The first kappa shape index (κ1) is 23.5. The second-order valence-corrected chi connectivity index (χ2v) is 9.67. The fourth-order valence-corrected chi connectivity index (χ4v) is 4.41. The molecule has 0 heterocycles. The Kier molecular flexibility index (Phi) is 7.56. The summed E-state index contributed by atoms with van der Waals surface area (Å²) in [5.41, 5.74) is 0.697. The molecule has 1 atom stereocenters. The number of hydrogen-bond donors (Lipinski definition) is 1. The molecule has 3 aromatic rings.